The molecule has 0 radical (unpaired) electrons. The van der Waals surface area contributed by atoms with E-state index in [0.717, 1.165) is 25.7 Å². The fourth-order valence-electron chi connectivity index (χ4n) is 4.39. The Morgan fingerprint density at radius 3 is 0.467 bits per heavy atom. The molecule has 0 heterocycles. The van der Waals surface area contributed by atoms with Crippen molar-refractivity contribution in [3.05, 3.63) is 0 Å². The molecule has 0 N–H and O–H groups in total. The Morgan fingerprint density at radius 2 is 0.300 bits per heavy atom. The van der Waals surface area contributed by atoms with Crippen LogP contribution < -0.4 is 0 Å². The minimum Gasteiger partial charge on any atom is -0.103 e. The highest BCUT2D eigenvalue weighted by molar-refractivity contribution is 4.98. The molecule has 172 valence electrons. The Hall–Kier alpha value is -0.880. The van der Waals surface area contributed by atoms with Crippen molar-refractivity contribution in [2.45, 2.75) is 167 Å². The molecule has 0 saturated heterocycles. The topological polar surface area (TPSA) is 0 Å². The van der Waals surface area contributed by atoms with Gasteiger partial charge < -0.3 is 0 Å². The predicted octanol–water partition coefficient (Wildman–Crippen LogP) is 10.1. The maximum absolute atomic E-state index is 3.41. The van der Waals surface area contributed by atoms with Crippen LogP contribution in [0.2, 0.25) is 0 Å². The first kappa shape index (κ1) is 27.2. The maximum atomic E-state index is 3.41. The lowest BCUT2D eigenvalue weighted by Crippen LogP contribution is -1.83. The van der Waals surface area contributed by atoms with Crippen molar-refractivity contribution in [1.82, 2.24) is 0 Å². The van der Waals surface area contributed by atoms with Gasteiger partial charge >= 0.3 is 0 Å². The summed E-state index contributed by atoms with van der Waals surface area (Å²) in [6, 6.07) is 0. The van der Waals surface area contributed by atoms with Crippen molar-refractivity contribution >= 4 is 0 Å². The van der Waals surface area contributed by atoms with Crippen LogP contribution in [0.5, 0.6) is 0 Å². The van der Waals surface area contributed by atoms with Gasteiger partial charge in [-0.05, 0) is 25.7 Å². The molecule has 30 heavy (non-hydrogen) atoms. The van der Waals surface area contributed by atoms with Gasteiger partial charge in [0.2, 0.25) is 0 Å². The third-order valence-electron chi connectivity index (χ3n) is 6.46. The molecule has 1 rings (SSSR count). The van der Waals surface area contributed by atoms with E-state index in [1.165, 1.54) is 141 Å². The van der Waals surface area contributed by atoms with E-state index in [0.29, 0.717) is 0 Å². The zero-order valence-corrected chi connectivity index (χ0v) is 20.4. The lowest BCUT2D eigenvalue weighted by atomic mass is 10.0. The van der Waals surface area contributed by atoms with Crippen molar-refractivity contribution in [2.75, 3.05) is 0 Å². The average Bonchev–Trinajstić information content (AvgIpc) is 2.76. The summed E-state index contributed by atoms with van der Waals surface area (Å²) in [5.41, 5.74) is 0. The molecule has 0 nitrogen and oxygen atoms in total. The van der Waals surface area contributed by atoms with E-state index >= 15 is 0 Å². The smallest absolute Gasteiger partial charge is 0.00886 e. The molecule has 0 aromatic rings. The van der Waals surface area contributed by atoms with Crippen molar-refractivity contribution in [3.63, 3.8) is 0 Å². The second-order valence-corrected chi connectivity index (χ2v) is 9.49. The van der Waals surface area contributed by atoms with E-state index in [1.54, 1.807) is 0 Å². The van der Waals surface area contributed by atoms with E-state index < -0.39 is 0 Å². The van der Waals surface area contributed by atoms with Crippen LogP contribution in [-0.4, -0.2) is 0 Å². The minimum absolute atomic E-state index is 1.13. The monoisotopic (exact) mass is 412 g/mol. The minimum atomic E-state index is 1.13. The molecule has 0 atom stereocenters. The van der Waals surface area contributed by atoms with Gasteiger partial charge in [-0.15, -0.1) is 23.7 Å². The third-order valence-corrected chi connectivity index (χ3v) is 6.46. The number of hydrogen-bond acceptors (Lipinski definition) is 0. The fraction of sp³-hybridized carbons (Fsp3) is 0.867. The summed E-state index contributed by atoms with van der Waals surface area (Å²) in [6.07, 6.45) is 35.4. The van der Waals surface area contributed by atoms with Crippen molar-refractivity contribution in [2.24, 2.45) is 0 Å². The second-order valence-electron chi connectivity index (χ2n) is 9.49. The Labute approximate surface area is 190 Å². The lowest BCUT2D eigenvalue weighted by Gasteiger charge is -2.02. The molecular weight excluding hydrogens is 360 g/mol. The van der Waals surface area contributed by atoms with Gasteiger partial charge in [0.15, 0.2) is 0 Å². The molecule has 0 spiro atoms. The van der Waals surface area contributed by atoms with Crippen LogP contribution in [0.4, 0.5) is 0 Å². The molecule has 0 aliphatic heterocycles. The van der Waals surface area contributed by atoms with Crippen molar-refractivity contribution in [1.29, 1.82) is 0 Å². The molecule has 1 aliphatic carbocycles. The van der Waals surface area contributed by atoms with Gasteiger partial charge in [-0.25, -0.2) is 0 Å². The predicted molar refractivity (Wildman–Crippen MR) is 136 cm³/mol. The maximum Gasteiger partial charge on any atom is 0.00886 e. The number of hydrogen-bond donors (Lipinski definition) is 0. The first-order chi connectivity index (χ1) is 15.0. The van der Waals surface area contributed by atoms with Crippen LogP contribution in [0.3, 0.4) is 0 Å². The first-order valence-corrected chi connectivity index (χ1v) is 13.9. The summed E-state index contributed by atoms with van der Waals surface area (Å²) in [5.74, 6) is 13.6. The van der Waals surface area contributed by atoms with Gasteiger partial charge in [0.05, 0.1) is 0 Å². The summed E-state index contributed by atoms with van der Waals surface area (Å²) in [5, 5.41) is 0. The van der Waals surface area contributed by atoms with E-state index in [2.05, 4.69) is 23.7 Å². The Kier molecular flexibility index (Phi) is 22.1. The molecule has 0 bridgehead atoms. The Morgan fingerprint density at radius 1 is 0.167 bits per heavy atom. The molecule has 1 aliphatic rings. The van der Waals surface area contributed by atoms with E-state index in [9.17, 15) is 0 Å². The van der Waals surface area contributed by atoms with Crippen LogP contribution in [0, 0.1) is 23.7 Å². The van der Waals surface area contributed by atoms with E-state index in [4.69, 9.17) is 0 Å². The summed E-state index contributed by atoms with van der Waals surface area (Å²) >= 11 is 0. The van der Waals surface area contributed by atoms with Crippen molar-refractivity contribution < 1.29 is 0 Å². The highest BCUT2D eigenvalue weighted by Crippen LogP contribution is 2.14. The summed E-state index contributed by atoms with van der Waals surface area (Å²) in [4.78, 5) is 0. The van der Waals surface area contributed by atoms with Gasteiger partial charge in [0.1, 0.15) is 0 Å². The Balaban J connectivity index is 2.09. The lowest BCUT2D eigenvalue weighted by molar-refractivity contribution is 0.543. The van der Waals surface area contributed by atoms with Gasteiger partial charge in [-0.1, -0.05) is 116 Å². The average molecular weight is 413 g/mol. The normalized spacial score (nSPS) is 21.9. The summed E-state index contributed by atoms with van der Waals surface area (Å²) in [7, 11) is 0. The van der Waals surface area contributed by atoms with Crippen LogP contribution >= 0.6 is 0 Å². The van der Waals surface area contributed by atoms with Crippen LogP contribution in [0.15, 0.2) is 0 Å². The number of rotatable bonds is 0. The van der Waals surface area contributed by atoms with Gasteiger partial charge in [-0.2, -0.15) is 0 Å². The molecule has 0 amide bonds. The van der Waals surface area contributed by atoms with Crippen LogP contribution in [0.25, 0.3) is 0 Å². The molecule has 0 fully saturated rings. The molecule has 0 aromatic heterocycles. The summed E-state index contributed by atoms with van der Waals surface area (Å²) in [6.45, 7) is 0. The Bertz CT molecular complexity index is 408. The van der Waals surface area contributed by atoms with Gasteiger partial charge in [0, 0.05) is 25.7 Å². The standard InChI is InChI=1S/C30H52/c1-2-4-6-8-10-12-14-16-18-20-22-24-26-28-30-29-27-25-23-21-19-17-15-13-11-9-7-5-3-1/h1-14,19-30H2. The second kappa shape index (κ2) is 24.4. The first-order valence-electron chi connectivity index (χ1n) is 13.9. The van der Waals surface area contributed by atoms with Crippen LogP contribution in [0.1, 0.15) is 167 Å². The zero-order valence-electron chi connectivity index (χ0n) is 20.4. The van der Waals surface area contributed by atoms with Gasteiger partial charge in [0.25, 0.3) is 0 Å². The fourth-order valence-corrected chi connectivity index (χ4v) is 4.39. The van der Waals surface area contributed by atoms with E-state index in [1.807, 2.05) is 0 Å². The van der Waals surface area contributed by atoms with Crippen LogP contribution in [-0.2, 0) is 0 Å². The largest absolute Gasteiger partial charge is 0.103 e. The SMILES string of the molecule is C1#CCCCCCCCCCCCCCCC#CCCCCCCCCCCCC1. The van der Waals surface area contributed by atoms with E-state index in [-0.39, 0.29) is 0 Å². The molecule has 0 unspecified atom stereocenters. The molecule has 0 heteroatoms. The molecule has 0 saturated carbocycles. The van der Waals surface area contributed by atoms with Crippen molar-refractivity contribution in [3.8, 4) is 23.7 Å². The highest BCUT2D eigenvalue weighted by atomic mass is 14.0. The molecule has 0 aromatic carbocycles. The highest BCUT2D eigenvalue weighted by Gasteiger charge is 1.95. The quantitative estimate of drug-likeness (QED) is 0.347. The summed E-state index contributed by atoms with van der Waals surface area (Å²) < 4.78 is 0. The zero-order chi connectivity index (χ0) is 21.2. The third kappa shape index (κ3) is 21.8. The van der Waals surface area contributed by atoms with Gasteiger partial charge in [-0.3, -0.25) is 0 Å². The molecular formula is C30H52.